The van der Waals surface area contributed by atoms with Crippen LogP contribution in [0.5, 0.6) is 0 Å². The van der Waals surface area contributed by atoms with Crippen molar-refractivity contribution in [2.45, 2.75) is 19.1 Å². The van der Waals surface area contributed by atoms with E-state index in [1.807, 2.05) is 31.2 Å². The van der Waals surface area contributed by atoms with Crippen LogP contribution >= 0.6 is 23.4 Å². The van der Waals surface area contributed by atoms with Gasteiger partial charge in [-0.25, -0.2) is 0 Å². The maximum Gasteiger partial charge on any atom is 0.253 e. The first-order chi connectivity index (χ1) is 12.1. The van der Waals surface area contributed by atoms with E-state index in [1.165, 1.54) is 11.8 Å². The van der Waals surface area contributed by atoms with Gasteiger partial charge < -0.3 is 10.6 Å². The third kappa shape index (κ3) is 6.44. The summed E-state index contributed by atoms with van der Waals surface area (Å²) >= 11 is 7.37. The number of anilines is 1. The van der Waals surface area contributed by atoms with Crippen LogP contribution in [0.4, 0.5) is 5.69 Å². The largest absolute Gasteiger partial charge is 0.352 e. The Hall–Kier alpha value is -1.98. The lowest BCUT2D eigenvalue weighted by Crippen LogP contribution is -2.26. The van der Waals surface area contributed by atoms with Gasteiger partial charge in [-0.05, 0) is 36.2 Å². The summed E-state index contributed by atoms with van der Waals surface area (Å²) in [7, 11) is 0. The zero-order valence-electron chi connectivity index (χ0n) is 14.0. The summed E-state index contributed by atoms with van der Waals surface area (Å²) in [5, 5.41) is 6.35. The first kappa shape index (κ1) is 19.3. The summed E-state index contributed by atoms with van der Waals surface area (Å²) in [6.45, 7) is 2.60. The SMILES string of the molecule is CCCNC(=O)c1ccccc1NC(=O)CSCc1ccc(Cl)cc1. The Balaban J connectivity index is 1.87. The van der Waals surface area contributed by atoms with Crippen LogP contribution in [0, 0.1) is 0 Å². The van der Waals surface area contributed by atoms with Crippen molar-refractivity contribution in [3.63, 3.8) is 0 Å². The molecule has 0 aromatic heterocycles. The Kier molecular flexibility index (Phi) is 7.82. The molecule has 0 aliphatic rings. The van der Waals surface area contributed by atoms with Gasteiger partial charge in [-0.3, -0.25) is 9.59 Å². The molecule has 0 bridgehead atoms. The van der Waals surface area contributed by atoms with Gasteiger partial charge in [0.25, 0.3) is 5.91 Å². The Morgan fingerprint density at radius 1 is 1.08 bits per heavy atom. The highest BCUT2D eigenvalue weighted by Crippen LogP contribution is 2.18. The Labute approximate surface area is 157 Å². The summed E-state index contributed by atoms with van der Waals surface area (Å²) in [6.07, 6.45) is 0.863. The van der Waals surface area contributed by atoms with Gasteiger partial charge in [-0.1, -0.05) is 42.8 Å². The van der Waals surface area contributed by atoms with Crippen molar-refractivity contribution in [2.24, 2.45) is 0 Å². The van der Waals surface area contributed by atoms with Crippen molar-refractivity contribution >= 4 is 40.9 Å². The summed E-state index contributed by atoms with van der Waals surface area (Å²) in [5.41, 5.74) is 2.13. The average molecular weight is 377 g/mol. The highest BCUT2D eigenvalue weighted by Gasteiger charge is 2.12. The van der Waals surface area contributed by atoms with Gasteiger partial charge in [0.15, 0.2) is 0 Å². The Morgan fingerprint density at radius 2 is 1.80 bits per heavy atom. The molecule has 0 radical (unpaired) electrons. The van der Waals surface area contributed by atoms with Crippen LogP contribution in [0.15, 0.2) is 48.5 Å². The molecule has 0 unspecified atom stereocenters. The smallest absolute Gasteiger partial charge is 0.253 e. The van der Waals surface area contributed by atoms with E-state index in [0.717, 1.165) is 17.7 Å². The minimum Gasteiger partial charge on any atom is -0.352 e. The van der Waals surface area contributed by atoms with Crippen LogP contribution in [0.2, 0.25) is 5.02 Å². The number of carbonyl (C=O) groups is 2. The van der Waals surface area contributed by atoms with Gasteiger partial charge in [-0.15, -0.1) is 11.8 Å². The number of para-hydroxylation sites is 1. The molecule has 0 spiro atoms. The molecular weight excluding hydrogens is 356 g/mol. The summed E-state index contributed by atoms with van der Waals surface area (Å²) in [4.78, 5) is 24.3. The van der Waals surface area contributed by atoms with Crippen molar-refractivity contribution in [3.05, 3.63) is 64.7 Å². The van der Waals surface area contributed by atoms with E-state index in [9.17, 15) is 9.59 Å². The topological polar surface area (TPSA) is 58.2 Å². The Bertz CT molecular complexity index is 720. The molecule has 25 heavy (non-hydrogen) atoms. The molecule has 2 aromatic carbocycles. The standard InChI is InChI=1S/C19H21ClN2O2S/c1-2-11-21-19(24)16-5-3-4-6-17(16)22-18(23)13-25-12-14-7-9-15(20)10-8-14/h3-10H,2,11-13H2,1H3,(H,21,24)(H,22,23). The van der Waals surface area contributed by atoms with Gasteiger partial charge in [0.1, 0.15) is 0 Å². The minimum atomic E-state index is -0.174. The number of halogens is 1. The minimum absolute atomic E-state index is 0.130. The maximum atomic E-state index is 12.2. The van der Waals surface area contributed by atoms with Crippen LogP contribution in [-0.4, -0.2) is 24.1 Å². The van der Waals surface area contributed by atoms with Crippen LogP contribution in [0.3, 0.4) is 0 Å². The molecule has 0 saturated heterocycles. The summed E-state index contributed by atoms with van der Waals surface area (Å²) in [6, 6.07) is 14.6. The summed E-state index contributed by atoms with van der Waals surface area (Å²) < 4.78 is 0. The molecule has 0 fully saturated rings. The molecule has 2 amide bonds. The van der Waals surface area contributed by atoms with Gasteiger partial charge >= 0.3 is 0 Å². The molecule has 2 aromatic rings. The van der Waals surface area contributed by atoms with Crippen LogP contribution in [0.1, 0.15) is 29.3 Å². The number of rotatable bonds is 8. The number of hydrogen-bond donors (Lipinski definition) is 2. The highest BCUT2D eigenvalue weighted by molar-refractivity contribution is 7.99. The predicted molar refractivity (Wildman–Crippen MR) is 105 cm³/mol. The van der Waals surface area contributed by atoms with E-state index in [1.54, 1.807) is 24.3 Å². The van der Waals surface area contributed by atoms with E-state index in [-0.39, 0.29) is 11.8 Å². The van der Waals surface area contributed by atoms with Crippen molar-refractivity contribution in [1.82, 2.24) is 5.32 Å². The fraction of sp³-hybridized carbons (Fsp3) is 0.263. The zero-order valence-corrected chi connectivity index (χ0v) is 15.6. The van der Waals surface area contributed by atoms with Crippen molar-refractivity contribution in [3.8, 4) is 0 Å². The molecule has 0 heterocycles. The van der Waals surface area contributed by atoms with Crippen molar-refractivity contribution < 1.29 is 9.59 Å². The van der Waals surface area contributed by atoms with Gasteiger partial charge in [0.2, 0.25) is 5.91 Å². The molecule has 0 saturated carbocycles. The molecule has 0 aliphatic carbocycles. The number of thioether (sulfide) groups is 1. The highest BCUT2D eigenvalue weighted by atomic mass is 35.5. The number of amides is 2. The molecule has 0 atom stereocenters. The lowest BCUT2D eigenvalue weighted by Gasteiger charge is -2.11. The fourth-order valence-electron chi connectivity index (χ4n) is 2.15. The molecule has 2 N–H and O–H groups in total. The molecule has 2 rings (SSSR count). The first-order valence-electron chi connectivity index (χ1n) is 8.09. The van der Waals surface area contributed by atoms with Crippen molar-refractivity contribution in [2.75, 3.05) is 17.6 Å². The second kappa shape index (κ2) is 10.1. The second-order valence-electron chi connectivity index (χ2n) is 5.47. The predicted octanol–water partition coefficient (Wildman–Crippen LogP) is 4.35. The molecule has 4 nitrogen and oxygen atoms in total. The molecule has 132 valence electrons. The van der Waals surface area contributed by atoms with E-state index in [2.05, 4.69) is 10.6 Å². The monoisotopic (exact) mass is 376 g/mol. The van der Waals surface area contributed by atoms with Crippen LogP contribution < -0.4 is 10.6 Å². The third-order valence-corrected chi connectivity index (χ3v) is 4.65. The first-order valence-corrected chi connectivity index (χ1v) is 9.62. The van der Waals surface area contributed by atoms with Gasteiger partial charge in [-0.2, -0.15) is 0 Å². The van der Waals surface area contributed by atoms with E-state index in [0.29, 0.717) is 28.6 Å². The number of benzene rings is 2. The van der Waals surface area contributed by atoms with E-state index < -0.39 is 0 Å². The third-order valence-electron chi connectivity index (χ3n) is 3.40. The molecule has 0 aliphatic heterocycles. The summed E-state index contributed by atoms with van der Waals surface area (Å²) in [5.74, 6) is 0.734. The van der Waals surface area contributed by atoms with E-state index >= 15 is 0 Å². The van der Waals surface area contributed by atoms with Crippen molar-refractivity contribution in [1.29, 1.82) is 0 Å². The normalized spacial score (nSPS) is 10.3. The van der Waals surface area contributed by atoms with Crippen LogP contribution in [0.25, 0.3) is 0 Å². The lowest BCUT2D eigenvalue weighted by molar-refractivity contribution is -0.113. The zero-order chi connectivity index (χ0) is 18.1. The quantitative estimate of drug-likeness (QED) is 0.720. The number of hydrogen-bond acceptors (Lipinski definition) is 3. The maximum absolute atomic E-state index is 12.2. The van der Waals surface area contributed by atoms with Gasteiger partial charge in [0.05, 0.1) is 17.0 Å². The van der Waals surface area contributed by atoms with Gasteiger partial charge in [0, 0.05) is 17.3 Å². The molecular formula is C19H21ClN2O2S. The fourth-order valence-corrected chi connectivity index (χ4v) is 3.07. The lowest BCUT2D eigenvalue weighted by atomic mass is 10.1. The molecule has 6 heteroatoms. The van der Waals surface area contributed by atoms with Crippen LogP contribution in [-0.2, 0) is 10.5 Å². The number of nitrogens with one attached hydrogen (secondary N) is 2. The van der Waals surface area contributed by atoms with E-state index in [4.69, 9.17) is 11.6 Å². The Morgan fingerprint density at radius 3 is 2.52 bits per heavy atom. The number of carbonyl (C=O) groups excluding carboxylic acids is 2. The average Bonchev–Trinajstić information content (AvgIpc) is 2.62. The second-order valence-corrected chi connectivity index (χ2v) is 6.89.